The van der Waals surface area contributed by atoms with Crippen molar-refractivity contribution in [2.45, 2.75) is 40.2 Å². The van der Waals surface area contributed by atoms with Gasteiger partial charge in [-0.2, -0.15) is 4.98 Å². The number of aromatic nitrogens is 2. The number of halogens is 2. The van der Waals surface area contributed by atoms with Gasteiger partial charge in [0.25, 0.3) is 0 Å². The largest absolute Gasteiger partial charge is 0.349 e. The molecule has 152 valence electrons. The molecule has 4 rings (SSSR count). The Balaban J connectivity index is 0.00000240. The van der Waals surface area contributed by atoms with Crippen molar-refractivity contribution in [3.63, 3.8) is 0 Å². The van der Waals surface area contributed by atoms with Crippen LogP contribution < -0.4 is 10.2 Å². The standard InChI is InChI=1S/C23H25FN4.ClH/c1-14-7-5-6-8-21(14)26-23-25-16(3)15(2)22(27-23)28-12-11-18-13-19(24)9-10-20(18)17(28)4;/h5-10,13,17H,11-12H2,1-4H3,(H,25,26,27);1H. The molecule has 2 heterocycles. The Morgan fingerprint density at radius 1 is 1.07 bits per heavy atom. The first-order valence-electron chi connectivity index (χ1n) is 9.67. The number of benzene rings is 2. The van der Waals surface area contributed by atoms with Gasteiger partial charge in [0.05, 0.1) is 6.04 Å². The molecular weight excluding hydrogens is 387 g/mol. The molecule has 0 saturated carbocycles. The lowest BCUT2D eigenvalue weighted by Gasteiger charge is -2.37. The minimum Gasteiger partial charge on any atom is -0.349 e. The lowest BCUT2D eigenvalue weighted by Crippen LogP contribution is -2.35. The van der Waals surface area contributed by atoms with Crippen molar-refractivity contribution in [3.05, 3.63) is 76.2 Å². The molecule has 2 aromatic carbocycles. The predicted molar refractivity (Wildman–Crippen MR) is 119 cm³/mol. The van der Waals surface area contributed by atoms with Crippen LogP contribution >= 0.6 is 12.4 Å². The van der Waals surface area contributed by atoms with E-state index in [4.69, 9.17) is 4.98 Å². The van der Waals surface area contributed by atoms with E-state index >= 15 is 0 Å². The van der Waals surface area contributed by atoms with Gasteiger partial charge < -0.3 is 10.2 Å². The first-order chi connectivity index (χ1) is 13.4. The lowest BCUT2D eigenvalue weighted by molar-refractivity contribution is 0.593. The fraction of sp³-hybridized carbons (Fsp3) is 0.304. The Labute approximate surface area is 177 Å². The van der Waals surface area contributed by atoms with Crippen LogP contribution in [-0.2, 0) is 6.42 Å². The summed E-state index contributed by atoms with van der Waals surface area (Å²) in [6, 6.07) is 13.3. The van der Waals surface area contributed by atoms with Crippen molar-refractivity contribution in [1.29, 1.82) is 0 Å². The number of aryl methyl sites for hydroxylation is 2. The van der Waals surface area contributed by atoms with E-state index in [1.807, 2.05) is 31.2 Å². The lowest BCUT2D eigenvalue weighted by atomic mass is 9.93. The molecule has 0 amide bonds. The average molecular weight is 413 g/mol. The van der Waals surface area contributed by atoms with Gasteiger partial charge in [0, 0.05) is 23.5 Å². The summed E-state index contributed by atoms with van der Waals surface area (Å²) in [5.74, 6) is 1.37. The monoisotopic (exact) mass is 412 g/mol. The van der Waals surface area contributed by atoms with Gasteiger partial charge in [-0.3, -0.25) is 0 Å². The van der Waals surface area contributed by atoms with Gasteiger partial charge in [-0.15, -0.1) is 12.4 Å². The van der Waals surface area contributed by atoms with Gasteiger partial charge in [0.15, 0.2) is 0 Å². The normalized spacial score (nSPS) is 15.5. The van der Waals surface area contributed by atoms with Crippen LogP contribution in [0.25, 0.3) is 0 Å². The minimum atomic E-state index is -0.168. The van der Waals surface area contributed by atoms with Gasteiger partial charge in [-0.1, -0.05) is 24.3 Å². The zero-order valence-corrected chi connectivity index (χ0v) is 18.0. The van der Waals surface area contributed by atoms with E-state index in [0.717, 1.165) is 52.4 Å². The van der Waals surface area contributed by atoms with E-state index in [-0.39, 0.29) is 24.3 Å². The molecule has 0 fully saturated rings. The number of anilines is 3. The smallest absolute Gasteiger partial charge is 0.229 e. The Morgan fingerprint density at radius 3 is 2.59 bits per heavy atom. The first kappa shape index (κ1) is 21.1. The maximum Gasteiger partial charge on any atom is 0.229 e. The number of nitrogens with zero attached hydrogens (tertiary/aromatic N) is 3. The second kappa shape index (κ2) is 8.37. The highest BCUT2D eigenvalue weighted by Gasteiger charge is 2.27. The summed E-state index contributed by atoms with van der Waals surface area (Å²) < 4.78 is 13.6. The van der Waals surface area contributed by atoms with Gasteiger partial charge in [-0.25, -0.2) is 9.37 Å². The van der Waals surface area contributed by atoms with Gasteiger partial charge in [0.1, 0.15) is 11.6 Å². The van der Waals surface area contributed by atoms with Crippen molar-refractivity contribution in [1.82, 2.24) is 9.97 Å². The van der Waals surface area contributed by atoms with Gasteiger partial charge in [-0.05, 0) is 69.0 Å². The van der Waals surface area contributed by atoms with Crippen LogP contribution in [0.5, 0.6) is 0 Å². The third kappa shape index (κ3) is 4.06. The molecule has 1 aliphatic heterocycles. The summed E-state index contributed by atoms with van der Waals surface area (Å²) in [5.41, 5.74) is 6.44. The zero-order valence-electron chi connectivity index (χ0n) is 17.2. The Hall–Kier alpha value is -2.66. The molecule has 1 N–H and O–H groups in total. The average Bonchev–Trinajstić information content (AvgIpc) is 2.67. The number of para-hydroxylation sites is 1. The highest BCUT2D eigenvalue weighted by molar-refractivity contribution is 5.85. The molecule has 6 heteroatoms. The number of rotatable bonds is 3. The van der Waals surface area contributed by atoms with Crippen LogP contribution in [-0.4, -0.2) is 16.5 Å². The van der Waals surface area contributed by atoms with E-state index < -0.39 is 0 Å². The number of hydrogen-bond donors (Lipinski definition) is 1. The fourth-order valence-corrected chi connectivity index (χ4v) is 3.87. The molecule has 0 bridgehead atoms. The number of nitrogens with one attached hydrogen (secondary N) is 1. The first-order valence-corrected chi connectivity index (χ1v) is 9.67. The topological polar surface area (TPSA) is 41.1 Å². The molecule has 4 nitrogen and oxygen atoms in total. The Bertz CT molecular complexity index is 1040. The minimum absolute atomic E-state index is 0. The van der Waals surface area contributed by atoms with E-state index in [9.17, 15) is 4.39 Å². The van der Waals surface area contributed by atoms with Crippen molar-refractivity contribution in [3.8, 4) is 0 Å². The SMILES string of the molecule is Cc1ccccc1Nc1nc(C)c(C)c(N2CCc3cc(F)ccc3C2C)n1.Cl. The summed E-state index contributed by atoms with van der Waals surface area (Å²) in [7, 11) is 0. The van der Waals surface area contributed by atoms with Gasteiger partial charge in [0.2, 0.25) is 5.95 Å². The van der Waals surface area contributed by atoms with Crippen LogP contribution in [0.2, 0.25) is 0 Å². The Kier molecular flexibility index (Phi) is 6.08. The molecular formula is C23H26ClFN4. The Morgan fingerprint density at radius 2 is 1.83 bits per heavy atom. The van der Waals surface area contributed by atoms with Crippen LogP contribution in [0.3, 0.4) is 0 Å². The van der Waals surface area contributed by atoms with E-state index in [1.54, 1.807) is 12.1 Å². The third-order valence-corrected chi connectivity index (χ3v) is 5.67. The summed E-state index contributed by atoms with van der Waals surface area (Å²) in [6.45, 7) is 9.10. The molecule has 1 aromatic heterocycles. The molecule has 1 unspecified atom stereocenters. The molecule has 29 heavy (non-hydrogen) atoms. The van der Waals surface area contributed by atoms with Crippen LogP contribution in [0, 0.1) is 26.6 Å². The van der Waals surface area contributed by atoms with E-state index in [1.165, 1.54) is 0 Å². The summed E-state index contributed by atoms with van der Waals surface area (Å²) in [6.07, 6.45) is 0.806. The maximum atomic E-state index is 13.6. The molecule has 0 aliphatic carbocycles. The fourth-order valence-electron chi connectivity index (χ4n) is 3.87. The highest BCUT2D eigenvalue weighted by atomic mass is 35.5. The third-order valence-electron chi connectivity index (χ3n) is 5.67. The van der Waals surface area contributed by atoms with Crippen LogP contribution in [0.4, 0.5) is 21.8 Å². The van der Waals surface area contributed by atoms with E-state index in [0.29, 0.717) is 5.95 Å². The predicted octanol–water partition coefficient (Wildman–Crippen LogP) is 5.83. The molecule has 0 spiro atoms. The summed E-state index contributed by atoms with van der Waals surface area (Å²) >= 11 is 0. The molecule has 1 aliphatic rings. The second-order valence-corrected chi connectivity index (χ2v) is 7.48. The van der Waals surface area contributed by atoms with E-state index in [2.05, 4.69) is 42.0 Å². The van der Waals surface area contributed by atoms with Crippen molar-refractivity contribution < 1.29 is 4.39 Å². The van der Waals surface area contributed by atoms with Gasteiger partial charge >= 0.3 is 0 Å². The molecule has 1 atom stereocenters. The van der Waals surface area contributed by atoms with Crippen molar-refractivity contribution in [2.75, 3.05) is 16.8 Å². The summed E-state index contributed by atoms with van der Waals surface area (Å²) in [4.78, 5) is 11.8. The van der Waals surface area contributed by atoms with Crippen molar-refractivity contribution in [2.24, 2.45) is 0 Å². The van der Waals surface area contributed by atoms with Crippen molar-refractivity contribution >= 4 is 29.9 Å². The highest BCUT2D eigenvalue weighted by Crippen LogP contribution is 2.35. The zero-order chi connectivity index (χ0) is 19.8. The maximum absolute atomic E-state index is 13.6. The summed E-state index contributed by atoms with van der Waals surface area (Å²) in [5, 5.41) is 3.36. The molecule has 3 aromatic rings. The number of fused-ring (bicyclic) bond motifs is 1. The quantitative estimate of drug-likeness (QED) is 0.587. The molecule has 0 saturated heterocycles. The second-order valence-electron chi connectivity index (χ2n) is 7.48. The van der Waals surface area contributed by atoms with Crippen LogP contribution in [0.15, 0.2) is 42.5 Å². The number of hydrogen-bond acceptors (Lipinski definition) is 4. The molecule has 0 radical (unpaired) electrons. The van der Waals surface area contributed by atoms with Crippen LogP contribution in [0.1, 0.15) is 40.9 Å².